The first-order valence-electron chi connectivity index (χ1n) is 9.05. The maximum absolute atomic E-state index is 12.1. The highest BCUT2D eigenvalue weighted by atomic mass is 16.6. The molecule has 0 aliphatic carbocycles. The van der Waals surface area contributed by atoms with Crippen LogP contribution in [-0.2, 0) is 9.53 Å². The number of imide groups is 1. The largest absolute Gasteiger partial charge is 0.444 e. The van der Waals surface area contributed by atoms with Gasteiger partial charge in [-0.3, -0.25) is 15.0 Å². The number of amides is 4. The van der Waals surface area contributed by atoms with Gasteiger partial charge in [0, 0.05) is 39.3 Å². The van der Waals surface area contributed by atoms with E-state index in [1.807, 2.05) is 20.8 Å². The Kier molecular flexibility index (Phi) is 4.90. The quantitative estimate of drug-likeness (QED) is 0.746. The number of carbonyl (C=O) groups excluding carboxylic acids is 3. The summed E-state index contributed by atoms with van der Waals surface area (Å²) in [5.74, 6) is 0.319. The average molecular weight is 352 g/mol. The Labute approximate surface area is 148 Å². The molecule has 3 heterocycles. The van der Waals surface area contributed by atoms with Gasteiger partial charge in [-0.1, -0.05) is 0 Å². The molecule has 3 aliphatic heterocycles. The summed E-state index contributed by atoms with van der Waals surface area (Å²) in [5, 5.41) is 2.38. The molecule has 0 aromatic carbocycles. The van der Waals surface area contributed by atoms with Crippen molar-refractivity contribution in [3.8, 4) is 0 Å². The second kappa shape index (κ2) is 6.82. The minimum atomic E-state index is -0.465. The lowest BCUT2D eigenvalue weighted by Crippen LogP contribution is -2.54. The molecule has 0 bridgehead atoms. The summed E-state index contributed by atoms with van der Waals surface area (Å²) in [6.45, 7) is 9.95. The van der Waals surface area contributed by atoms with Gasteiger partial charge < -0.3 is 14.5 Å². The van der Waals surface area contributed by atoms with Crippen molar-refractivity contribution in [1.29, 1.82) is 0 Å². The predicted molar refractivity (Wildman–Crippen MR) is 91.0 cm³/mol. The van der Waals surface area contributed by atoms with Crippen molar-refractivity contribution in [2.24, 2.45) is 5.92 Å². The normalized spacial score (nSPS) is 25.8. The Balaban J connectivity index is 1.44. The van der Waals surface area contributed by atoms with Crippen molar-refractivity contribution in [1.82, 2.24) is 20.0 Å². The van der Waals surface area contributed by atoms with Gasteiger partial charge >= 0.3 is 12.1 Å². The number of likely N-dealkylation sites (tertiary alicyclic amines) is 1. The monoisotopic (exact) mass is 352 g/mol. The number of carbonyl (C=O) groups is 3. The Morgan fingerprint density at radius 2 is 1.84 bits per heavy atom. The van der Waals surface area contributed by atoms with Crippen LogP contribution in [0.15, 0.2) is 0 Å². The molecular weight excluding hydrogens is 324 g/mol. The summed E-state index contributed by atoms with van der Waals surface area (Å²) >= 11 is 0. The smallest absolute Gasteiger partial charge is 0.410 e. The molecular formula is C17H28N4O4. The van der Waals surface area contributed by atoms with Crippen molar-refractivity contribution in [2.45, 2.75) is 45.3 Å². The fourth-order valence-corrected chi connectivity index (χ4v) is 3.72. The summed E-state index contributed by atoms with van der Waals surface area (Å²) in [5.41, 5.74) is -0.465. The van der Waals surface area contributed by atoms with E-state index in [4.69, 9.17) is 4.74 Å². The summed E-state index contributed by atoms with van der Waals surface area (Å²) in [4.78, 5) is 41.3. The molecule has 8 heteroatoms. The second-order valence-electron chi connectivity index (χ2n) is 8.17. The third-order valence-corrected chi connectivity index (χ3v) is 5.04. The number of ether oxygens (including phenoxy) is 1. The van der Waals surface area contributed by atoms with Crippen LogP contribution in [0.3, 0.4) is 0 Å². The van der Waals surface area contributed by atoms with Crippen molar-refractivity contribution in [3.05, 3.63) is 0 Å². The Morgan fingerprint density at radius 3 is 2.48 bits per heavy atom. The summed E-state index contributed by atoms with van der Waals surface area (Å²) in [6, 6.07) is -0.608. The number of urea groups is 1. The highest BCUT2D eigenvalue weighted by molar-refractivity contribution is 6.04. The summed E-state index contributed by atoms with van der Waals surface area (Å²) in [6.07, 6.45) is 1.64. The highest BCUT2D eigenvalue weighted by Gasteiger charge is 2.42. The SMILES string of the molecule is CC(C)(C)OC(=O)N1CCC(CN2CCN3C(=O)NC(=O)C3C2)CC1. The molecule has 1 unspecified atom stereocenters. The lowest BCUT2D eigenvalue weighted by molar-refractivity contribution is -0.122. The number of piperidine rings is 1. The zero-order chi connectivity index (χ0) is 18.2. The number of rotatable bonds is 2. The van der Waals surface area contributed by atoms with Crippen LogP contribution in [0.4, 0.5) is 9.59 Å². The van der Waals surface area contributed by atoms with E-state index in [9.17, 15) is 14.4 Å². The van der Waals surface area contributed by atoms with Crippen LogP contribution >= 0.6 is 0 Å². The minimum Gasteiger partial charge on any atom is -0.444 e. The van der Waals surface area contributed by atoms with Gasteiger partial charge in [-0.2, -0.15) is 0 Å². The molecule has 3 aliphatic rings. The van der Waals surface area contributed by atoms with E-state index in [2.05, 4.69) is 10.2 Å². The van der Waals surface area contributed by atoms with E-state index >= 15 is 0 Å². The molecule has 8 nitrogen and oxygen atoms in total. The van der Waals surface area contributed by atoms with Gasteiger partial charge in [-0.25, -0.2) is 9.59 Å². The Hall–Kier alpha value is -1.83. The van der Waals surface area contributed by atoms with Crippen molar-refractivity contribution in [2.75, 3.05) is 39.3 Å². The second-order valence-corrected chi connectivity index (χ2v) is 8.17. The van der Waals surface area contributed by atoms with Crippen LogP contribution in [0, 0.1) is 5.92 Å². The van der Waals surface area contributed by atoms with Crippen LogP contribution in [0.25, 0.3) is 0 Å². The number of nitrogens with zero attached hydrogens (tertiary/aromatic N) is 3. The average Bonchev–Trinajstić information content (AvgIpc) is 2.81. The molecule has 0 aromatic heterocycles. The molecule has 1 N–H and O–H groups in total. The van der Waals surface area contributed by atoms with E-state index in [1.54, 1.807) is 9.80 Å². The third-order valence-electron chi connectivity index (χ3n) is 5.04. The topological polar surface area (TPSA) is 82.2 Å². The van der Waals surface area contributed by atoms with Crippen molar-refractivity contribution >= 4 is 18.0 Å². The van der Waals surface area contributed by atoms with E-state index in [0.717, 1.165) is 25.9 Å². The number of hydrogen-bond acceptors (Lipinski definition) is 5. The molecule has 3 saturated heterocycles. The Bertz CT molecular complexity index is 551. The molecule has 140 valence electrons. The lowest BCUT2D eigenvalue weighted by atomic mass is 9.96. The molecule has 0 spiro atoms. The fourth-order valence-electron chi connectivity index (χ4n) is 3.72. The molecule has 0 aromatic rings. The summed E-state index contributed by atoms with van der Waals surface area (Å²) in [7, 11) is 0. The highest BCUT2D eigenvalue weighted by Crippen LogP contribution is 2.23. The molecule has 1 atom stereocenters. The van der Waals surface area contributed by atoms with E-state index < -0.39 is 5.60 Å². The molecule has 3 rings (SSSR count). The van der Waals surface area contributed by atoms with Crippen LogP contribution in [0.1, 0.15) is 33.6 Å². The van der Waals surface area contributed by atoms with Gasteiger partial charge in [-0.05, 0) is 39.5 Å². The maximum Gasteiger partial charge on any atom is 0.410 e. The first-order chi connectivity index (χ1) is 11.7. The first-order valence-corrected chi connectivity index (χ1v) is 9.05. The van der Waals surface area contributed by atoms with E-state index in [1.165, 1.54) is 0 Å². The third kappa shape index (κ3) is 4.23. The van der Waals surface area contributed by atoms with E-state index in [0.29, 0.717) is 32.1 Å². The van der Waals surface area contributed by atoms with Gasteiger partial charge in [0.15, 0.2) is 0 Å². The molecule has 0 radical (unpaired) electrons. The number of hydrogen-bond donors (Lipinski definition) is 1. The first kappa shape index (κ1) is 18.0. The fraction of sp³-hybridized carbons (Fsp3) is 0.824. The lowest BCUT2D eigenvalue weighted by Gasteiger charge is -2.39. The zero-order valence-electron chi connectivity index (χ0n) is 15.3. The predicted octanol–water partition coefficient (Wildman–Crippen LogP) is 0.870. The van der Waals surface area contributed by atoms with Gasteiger partial charge in [0.05, 0.1) is 0 Å². The molecule has 3 fully saturated rings. The maximum atomic E-state index is 12.1. The molecule has 4 amide bonds. The van der Waals surface area contributed by atoms with Crippen LogP contribution in [-0.4, -0.2) is 83.6 Å². The molecule has 25 heavy (non-hydrogen) atoms. The van der Waals surface area contributed by atoms with Gasteiger partial charge in [0.25, 0.3) is 5.91 Å². The van der Waals surface area contributed by atoms with Gasteiger partial charge in [0.1, 0.15) is 11.6 Å². The molecule has 0 saturated carbocycles. The van der Waals surface area contributed by atoms with Crippen molar-refractivity contribution < 1.29 is 19.1 Å². The standard InChI is InChI=1S/C17H28N4O4/c1-17(2,3)25-16(24)20-6-4-12(5-7-20)10-19-8-9-21-13(11-19)14(22)18-15(21)23/h12-13H,4-11H2,1-3H3,(H,18,22,23). The van der Waals surface area contributed by atoms with Crippen LogP contribution in [0.2, 0.25) is 0 Å². The van der Waals surface area contributed by atoms with Gasteiger partial charge in [0.2, 0.25) is 0 Å². The zero-order valence-corrected chi connectivity index (χ0v) is 15.3. The van der Waals surface area contributed by atoms with Gasteiger partial charge in [-0.15, -0.1) is 0 Å². The number of piperazine rings is 1. The van der Waals surface area contributed by atoms with Crippen LogP contribution in [0.5, 0.6) is 0 Å². The minimum absolute atomic E-state index is 0.186. The van der Waals surface area contributed by atoms with Crippen LogP contribution < -0.4 is 5.32 Å². The number of fused-ring (bicyclic) bond motifs is 1. The summed E-state index contributed by atoms with van der Waals surface area (Å²) < 4.78 is 5.43. The number of nitrogens with one attached hydrogen (secondary N) is 1. The Morgan fingerprint density at radius 1 is 1.16 bits per heavy atom. The van der Waals surface area contributed by atoms with E-state index in [-0.39, 0.29) is 24.1 Å². The van der Waals surface area contributed by atoms with Crippen molar-refractivity contribution in [3.63, 3.8) is 0 Å².